The first-order chi connectivity index (χ1) is 12.2. The summed E-state index contributed by atoms with van der Waals surface area (Å²) < 4.78 is 1.35. The molecule has 0 bridgehead atoms. The molecule has 1 aromatic carbocycles. The first-order valence-electron chi connectivity index (χ1n) is 7.93. The molecular formula is C16H18Cl3N5O3. The third-order valence-electron chi connectivity index (χ3n) is 4.59. The monoisotopic (exact) mass is 433 g/mol. The summed E-state index contributed by atoms with van der Waals surface area (Å²) in [5.74, 6) is -0.199. The van der Waals surface area contributed by atoms with Crippen molar-refractivity contribution < 1.29 is 9.72 Å². The van der Waals surface area contributed by atoms with E-state index in [0.717, 1.165) is 6.42 Å². The van der Waals surface area contributed by atoms with E-state index in [1.54, 1.807) is 17.2 Å². The van der Waals surface area contributed by atoms with E-state index in [-0.39, 0.29) is 50.8 Å². The standard InChI is InChI=1S/C16H17Cl2N5O3.ClH/c1-16(8-19)3-5-21(9-16)15(24)13-2-4-22(20-13)14-11(17)6-10(23(25)26)7-12(14)18;/h2,4,6-7H,3,5,8-9,19H2,1H3;1H. The van der Waals surface area contributed by atoms with Crippen molar-refractivity contribution in [2.45, 2.75) is 13.3 Å². The van der Waals surface area contributed by atoms with Crippen LogP contribution in [-0.4, -0.2) is 45.1 Å². The molecule has 1 aliphatic rings. The van der Waals surface area contributed by atoms with Crippen LogP contribution in [0.5, 0.6) is 0 Å². The quantitative estimate of drug-likeness (QED) is 0.586. The molecule has 0 aliphatic carbocycles. The number of aromatic nitrogens is 2. The van der Waals surface area contributed by atoms with Gasteiger partial charge < -0.3 is 10.6 Å². The van der Waals surface area contributed by atoms with Crippen molar-refractivity contribution in [2.24, 2.45) is 11.1 Å². The number of carbonyl (C=O) groups excluding carboxylic acids is 1. The van der Waals surface area contributed by atoms with Gasteiger partial charge in [0, 0.05) is 31.4 Å². The van der Waals surface area contributed by atoms with Gasteiger partial charge in [-0.05, 0) is 24.4 Å². The van der Waals surface area contributed by atoms with Gasteiger partial charge in [-0.2, -0.15) is 5.10 Å². The van der Waals surface area contributed by atoms with Gasteiger partial charge in [-0.1, -0.05) is 30.1 Å². The first-order valence-corrected chi connectivity index (χ1v) is 8.68. The number of likely N-dealkylation sites (tertiary alicyclic amines) is 1. The minimum atomic E-state index is -0.582. The minimum absolute atomic E-state index is 0. The fourth-order valence-electron chi connectivity index (χ4n) is 2.96. The van der Waals surface area contributed by atoms with Crippen LogP contribution in [0.3, 0.4) is 0 Å². The topological polar surface area (TPSA) is 107 Å². The number of benzene rings is 1. The number of hydrogen-bond acceptors (Lipinski definition) is 5. The summed E-state index contributed by atoms with van der Waals surface area (Å²) >= 11 is 12.3. The van der Waals surface area contributed by atoms with Crippen molar-refractivity contribution >= 4 is 47.2 Å². The van der Waals surface area contributed by atoms with Crippen LogP contribution in [0.2, 0.25) is 10.0 Å². The summed E-state index contributed by atoms with van der Waals surface area (Å²) in [4.78, 5) is 24.7. The van der Waals surface area contributed by atoms with Crippen molar-refractivity contribution in [1.82, 2.24) is 14.7 Å². The molecule has 1 unspecified atom stereocenters. The molecule has 3 rings (SSSR count). The van der Waals surface area contributed by atoms with Crippen molar-refractivity contribution in [3.63, 3.8) is 0 Å². The second-order valence-corrected chi connectivity index (χ2v) is 7.47. The summed E-state index contributed by atoms with van der Waals surface area (Å²) in [6, 6.07) is 3.95. The largest absolute Gasteiger partial charge is 0.337 e. The van der Waals surface area contributed by atoms with Gasteiger partial charge in [0.15, 0.2) is 5.69 Å². The number of hydrogen-bond donors (Lipinski definition) is 1. The molecule has 1 aromatic heterocycles. The third-order valence-corrected chi connectivity index (χ3v) is 5.16. The highest BCUT2D eigenvalue weighted by Crippen LogP contribution is 2.33. The molecule has 11 heteroatoms. The SMILES string of the molecule is CC1(CN)CCN(C(=O)c2ccn(-c3c(Cl)cc([N+](=O)[O-])cc3Cl)n2)C1.Cl. The van der Waals surface area contributed by atoms with Gasteiger partial charge in [-0.3, -0.25) is 14.9 Å². The summed E-state index contributed by atoms with van der Waals surface area (Å²) in [5, 5.41) is 15.3. The highest BCUT2D eigenvalue weighted by Gasteiger charge is 2.35. The number of amides is 1. The van der Waals surface area contributed by atoms with Crippen molar-refractivity contribution in [1.29, 1.82) is 0 Å². The van der Waals surface area contributed by atoms with E-state index in [0.29, 0.717) is 19.6 Å². The maximum atomic E-state index is 12.7. The highest BCUT2D eigenvalue weighted by atomic mass is 35.5. The lowest BCUT2D eigenvalue weighted by molar-refractivity contribution is -0.384. The number of rotatable bonds is 4. The van der Waals surface area contributed by atoms with Gasteiger partial charge in [-0.25, -0.2) is 4.68 Å². The molecule has 0 spiro atoms. The summed E-state index contributed by atoms with van der Waals surface area (Å²) in [6.07, 6.45) is 2.39. The Labute approximate surface area is 171 Å². The number of nitrogens with zero attached hydrogens (tertiary/aromatic N) is 4. The molecule has 2 N–H and O–H groups in total. The van der Waals surface area contributed by atoms with Crippen LogP contribution < -0.4 is 5.73 Å². The molecule has 1 aliphatic heterocycles. The number of nitro benzene ring substituents is 1. The molecular weight excluding hydrogens is 417 g/mol. The van der Waals surface area contributed by atoms with E-state index >= 15 is 0 Å². The number of non-ortho nitro benzene ring substituents is 1. The maximum Gasteiger partial charge on any atom is 0.274 e. The Balaban J connectivity index is 0.00000261. The summed E-state index contributed by atoms with van der Waals surface area (Å²) in [5.41, 5.74) is 6.01. The number of nitro groups is 1. The lowest BCUT2D eigenvalue weighted by Crippen LogP contribution is -2.34. The van der Waals surface area contributed by atoms with Crippen LogP contribution in [0, 0.1) is 15.5 Å². The van der Waals surface area contributed by atoms with E-state index < -0.39 is 4.92 Å². The molecule has 1 atom stereocenters. The molecule has 0 radical (unpaired) electrons. The average molecular weight is 435 g/mol. The second-order valence-electron chi connectivity index (χ2n) is 6.65. The van der Waals surface area contributed by atoms with Gasteiger partial charge in [0.05, 0.1) is 15.0 Å². The van der Waals surface area contributed by atoms with Gasteiger partial charge in [-0.15, -0.1) is 12.4 Å². The molecule has 1 fully saturated rings. The number of halogens is 3. The molecule has 0 saturated carbocycles. The zero-order valence-corrected chi connectivity index (χ0v) is 16.7. The van der Waals surface area contributed by atoms with Crippen molar-refractivity contribution in [2.75, 3.05) is 19.6 Å². The molecule has 1 saturated heterocycles. The Bertz CT molecular complexity index is 865. The Hall–Kier alpha value is -1.87. The average Bonchev–Trinajstić information content (AvgIpc) is 3.21. The van der Waals surface area contributed by atoms with Crippen LogP contribution in [0.15, 0.2) is 24.4 Å². The zero-order valence-electron chi connectivity index (χ0n) is 14.4. The van der Waals surface area contributed by atoms with E-state index in [9.17, 15) is 14.9 Å². The zero-order chi connectivity index (χ0) is 19.1. The number of nitrogens with two attached hydrogens (primary N) is 1. The normalized spacial score (nSPS) is 19.0. The maximum absolute atomic E-state index is 12.7. The lowest BCUT2D eigenvalue weighted by Gasteiger charge is -2.22. The van der Waals surface area contributed by atoms with Crippen molar-refractivity contribution in [3.8, 4) is 5.69 Å². The predicted molar refractivity (Wildman–Crippen MR) is 105 cm³/mol. The molecule has 27 heavy (non-hydrogen) atoms. The highest BCUT2D eigenvalue weighted by molar-refractivity contribution is 6.38. The van der Waals surface area contributed by atoms with Crippen LogP contribution in [-0.2, 0) is 0 Å². The van der Waals surface area contributed by atoms with Gasteiger partial charge >= 0.3 is 0 Å². The Morgan fingerprint density at radius 1 is 1.41 bits per heavy atom. The fraction of sp³-hybridized carbons (Fsp3) is 0.375. The molecule has 1 amide bonds. The first kappa shape index (κ1) is 21.4. The van der Waals surface area contributed by atoms with E-state index in [1.807, 2.05) is 0 Å². The molecule has 8 nitrogen and oxygen atoms in total. The Kier molecular flexibility index (Phi) is 6.36. The van der Waals surface area contributed by atoms with Gasteiger partial charge in [0.25, 0.3) is 11.6 Å². The van der Waals surface area contributed by atoms with Gasteiger partial charge in [0.1, 0.15) is 5.69 Å². The van der Waals surface area contributed by atoms with E-state index in [2.05, 4.69) is 12.0 Å². The predicted octanol–water partition coefficient (Wildman–Crippen LogP) is 3.32. The number of carbonyl (C=O) groups is 1. The summed E-state index contributed by atoms with van der Waals surface area (Å²) in [7, 11) is 0. The third kappa shape index (κ3) is 4.19. The second kappa shape index (κ2) is 8.02. The van der Waals surface area contributed by atoms with E-state index in [1.165, 1.54) is 16.8 Å². The van der Waals surface area contributed by atoms with Crippen molar-refractivity contribution in [3.05, 3.63) is 50.2 Å². The Morgan fingerprint density at radius 2 is 2.04 bits per heavy atom. The van der Waals surface area contributed by atoms with Gasteiger partial charge in [0.2, 0.25) is 0 Å². The van der Waals surface area contributed by atoms with Crippen LogP contribution in [0.4, 0.5) is 5.69 Å². The van der Waals surface area contributed by atoms with Crippen LogP contribution in [0.1, 0.15) is 23.8 Å². The van der Waals surface area contributed by atoms with Crippen LogP contribution >= 0.6 is 35.6 Å². The lowest BCUT2D eigenvalue weighted by atomic mass is 9.90. The smallest absolute Gasteiger partial charge is 0.274 e. The molecule has 146 valence electrons. The summed E-state index contributed by atoms with van der Waals surface area (Å²) in [6.45, 7) is 3.77. The van der Waals surface area contributed by atoms with E-state index in [4.69, 9.17) is 28.9 Å². The molecule has 2 heterocycles. The minimum Gasteiger partial charge on any atom is -0.337 e. The molecule has 2 aromatic rings. The fourth-order valence-corrected chi connectivity index (χ4v) is 3.61. The van der Waals surface area contributed by atoms with Crippen LogP contribution in [0.25, 0.3) is 5.69 Å². The Morgan fingerprint density at radius 3 is 2.56 bits per heavy atom.